The molecule has 200 valence electrons. The van der Waals surface area contributed by atoms with Gasteiger partial charge in [-0.25, -0.2) is 9.97 Å². The number of nitrogens with zero attached hydrogens (tertiary/aromatic N) is 6. The van der Waals surface area contributed by atoms with E-state index in [2.05, 4.69) is 32.1 Å². The minimum atomic E-state index is -0.0307. The maximum atomic E-state index is 13.1. The van der Waals surface area contributed by atoms with Crippen LogP contribution in [0.2, 0.25) is 0 Å². The van der Waals surface area contributed by atoms with Crippen LogP contribution < -0.4 is 10.6 Å². The van der Waals surface area contributed by atoms with E-state index in [0.29, 0.717) is 41.0 Å². The van der Waals surface area contributed by atoms with E-state index in [1.165, 1.54) is 0 Å². The van der Waals surface area contributed by atoms with Gasteiger partial charge in [0.15, 0.2) is 0 Å². The lowest BCUT2D eigenvalue weighted by Crippen LogP contribution is -2.53. The Morgan fingerprint density at radius 3 is 2.53 bits per heavy atom. The number of nitrogens with one attached hydrogen (secondary N) is 2. The van der Waals surface area contributed by atoms with Crippen molar-refractivity contribution in [3.05, 3.63) is 41.9 Å². The standard InChI is InChI=1S/C28H36N8O2/c1-4-17-5-9-22(11-17)36-23(27(38)34(2)3)12-19-14-30-28(33-25(19)36)32-24-10-6-18(13-29-24)26(37)35-15-20-7-8-21(16-35)31-20/h6,10,12-14,17,20-22,31H,4-5,7-9,11,15-16H2,1-3H3,(H,29,30,32,33)/t17-,20?,21?,22+/m0/s1. The molecular formula is C28H36N8O2. The van der Waals surface area contributed by atoms with Gasteiger partial charge in [-0.2, -0.15) is 4.98 Å². The Balaban J connectivity index is 1.24. The van der Waals surface area contributed by atoms with Gasteiger partial charge in [0.2, 0.25) is 5.95 Å². The first-order valence-electron chi connectivity index (χ1n) is 13.8. The molecule has 5 heterocycles. The molecule has 3 aromatic rings. The van der Waals surface area contributed by atoms with E-state index >= 15 is 0 Å². The number of likely N-dealkylation sites (tertiary alicyclic amines) is 1. The van der Waals surface area contributed by atoms with Gasteiger partial charge in [-0.05, 0) is 56.2 Å². The highest BCUT2D eigenvalue weighted by Gasteiger charge is 2.34. The van der Waals surface area contributed by atoms with Crippen LogP contribution in [0.1, 0.15) is 72.3 Å². The third-order valence-electron chi connectivity index (χ3n) is 8.41. The zero-order chi connectivity index (χ0) is 26.4. The molecule has 2 N–H and O–H groups in total. The number of fused-ring (bicyclic) bond motifs is 3. The normalized spacial score (nSPS) is 24.7. The van der Waals surface area contributed by atoms with Gasteiger partial charge in [-0.3, -0.25) is 9.59 Å². The smallest absolute Gasteiger partial charge is 0.270 e. The fraction of sp³-hybridized carbons (Fsp3) is 0.536. The molecule has 2 aliphatic heterocycles. The molecule has 10 heteroatoms. The number of amides is 2. The lowest BCUT2D eigenvalue weighted by molar-refractivity contribution is 0.0697. The van der Waals surface area contributed by atoms with Gasteiger partial charge in [0.25, 0.3) is 11.8 Å². The number of hydrogen-bond donors (Lipinski definition) is 2. The van der Waals surface area contributed by atoms with Crippen LogP contribution in [0, 0.1) is 5.92 Å². The number of pyridine rings is 1. The Morgan fingerprint density at radius 2 is 1.87 bits per heavy atom. The molecule has 3 fully saturated rings. The third-order valence-corrected chi connectivity index (χ3v) is 8.41. The van der Waals surface area contributed by atoms with Crippen molar-refractivity contribution in [2.45, 2.75) is 63.6 Å². The molecule has 1 aliphatic carbocycles. The predicted octanol–water partition coefficient (Wildman–Crippen LogP) is 3.60. The average molecular weight is 517 g/mol. The summed E-state index contributed by atoms with van der Waals surface area (Å²) in [5, 5.41) is 7.59. The summed E-state index contributed by atoms with van der Waals surface area (Å²) in [4.78, 5) is 43.4. The topological polar surface area (TPSA) is 108 Å². The fourth-order valence-corrected chi connectivity index (χ4v) is 6.34. The molecular weight excluding hydrogens is 480 g/mol. The maximum Gasteiger partial charge on any atom is 0.270 e. The van der Waals surface area contributed by atoms with E-state index in [9.17, 15) is 9.59 Å². The second-order valence-corrected chi connectivity index (χ2v) is 11.2. The SMILES string of the molecule is CC[C@H]1CC[C@@H](n2c(C(=O)N(C)C)cc3cnc(Nc4ccc(C(=O)N5CC6CCC(C5)N6)cn4)nc32)C1. The molecule has 4 atom stereocenters. The van der Waals surface area contributed by atoms with Gasteiger partial charge in [0.05, 0.1) is 5.56 Å². The molecule has 0 aromatic carbocycles. The Labute approximate surface area is 222 Å². The molecule has 0 radical (unpaired) electrons. The summed E-state index contributed by atoms with van der Waals surface area (Å²) < 4.78 is 2.12. The van der Waals surface area contributed by atoms with Crippen LogP contribution in [0.15, 0.2) is 30.6 Å². The summed E-state index contributed by atoms with van der Waals surface area (Å²) in [5.74, 6) is 1.64. The van der Waals surface area contributed by atoms with Crippen LogP contribution in [-0.2, 0) is 0 Å². The summed E-state index contributed by atoms with van der Waals surface area (Å²) >= 11 is 0. The highest BCUT2D eigenvalue weighted by Crippen LogP contribution is 2.39. The van der Waals surface area contributed by atoms with Gasteiger partial charge in [0.1, 0.15) is 17.2 Å². The molecule has 3 aliphatic rings. The van der Waals surface area contributed by atoms with Crippen molar-refractivity contribution in [3.8, 4) is 0 Å². The average Bonchev–Trinajstić information content (AvgIpc) is 3.64. The number of anilines is 2. The molecule has 10 nitrogen and oxygen atoms in total. The lowest BCUT2D eigenvalue weighted by atomic mass is 10.1. The Bertz CT molecular complexity index is 1340. The fourth-order valence-electron chi connectivity index (χ4n) is 6.34. The zero-order valence-electron chi connectivity index (χ0n) is 22.4. The number of carbonyl (C=O) groups is 2. The second-order valence-electron chi connectivity index (χ2n) is 11.2. The Hall–Kier alpha value is -3.53. The van der Waals surface area contributed by atoms with Crippen LogP contribution >= 0.6 is 0 Å². The number of aromatic nitrogens is 4. The van der Waals surface area contributed by atoms with Gasteiger partial charge in [0, 0.05) is 63.1 Å². The molecule has 6 rings (SSSR count). The maximum absolute atomic E-state index is 13.1. The first-order chi connectivity index (χ1) is 18.4. The van der Waals surface area contributed by atoms with Crippen molar-refractivity contribution in [1.29, 1.82) is 0 Å². The van der Waals surface area contributed by atoms with Gasteiger partial charge in [-0.15, -0.1) is 0 Å². The number of carbonyl (C=O) groups excluding carboxylic acids is 2. The minimum Gasteiger partial charge on any atom is -0.343 e. The molecule has 38 heavy (non-hydrogen) atoms. The summed E-state index contributed by atoms with van der Waals surface area (Å²) in [6, 6.07) is 6.55. The monoisotopic (exact) mass is 516 g/mol. The molecule has 1 saturated carbocycles. The Morgan fingerprint density at radius 1 is 1.08 bits per heavy atom. The lowest BCUT2D eigenvalue weighted by Gasteiger charge is -2.32. The Kier molecular flexibility index (Phi) is 6.51. The van der Waals surface area contributed by atoms with Crippen molar-refractivity contribution >= 4 is 34.6 Å². The van der Waals surface area contributed by atoms with E-state index in [4.69, 9.17) is 4.98 Å². The zero-order valence-corrected chi connectivity index (χ0v) is 22.4. The first kappa shape index (κ1) is 24.8. The number of hydrogen-bond acceptors (Lipinski definition) is 7. The number of rotatable bonds is 6. The van der Waals surface area contributed by atoms with Crippen molar-refractivity contribution in [3.63, 3.8) is 0 Å². The van der Waals surface area contributed by atoms with Crippen LogP contribution in [0.25, 0.3) is 11.0 Å². The highest BCUT2D eigenvalue weighted by atomic mass is 16.2. The molecule has 2 saturated heterocycles. The predicted molar refractivity (Wildman–Crippen MR) is 146 cm³/mol. The first-order valence-corrected chi connectivity index (χ1v) is 13.8. The van der Waals surface area contributed by atoms with Gasteiger partial charge in [-0.1, -0.05) is 13.3 Å². The summed E-state index contributed by atoms with van der Waals surface area (Å²) in [5.41, 5.74) is 2.00. The summed E-state index contributed by atoms with van der Waals surface area (Å²) in [6.07, 6.45) is 10.0. The van der Waals surface area contributed by atoms with Crippen LogP contribution in [-0.4, -0.2) is 80.4 Å². The van der Waals surface area contributed by atoms with Crippen molar-refractivity contribution in [2.75, 3.05) is 32.5 Å². The summed E-state index contributed by atoms with van der Waals surface area (Å²) in [7, 11) is 3.55. The molecule has 3 aromatic heterocycles. The third kappa shape index (κ3) is 4.62. The van der Waals surface area contributed by atoms with E-state index < -0.39 is 0 Å². The molecule has 2 unspecified atom stereocenters. The number of piperazine rings is 1. The minimum absolute atomic E-state index is 0.0259. The molecule has 0 spiro atoms. The quantitative estimate of drug-likeness (QED) is 0.515. The van der Waals surface area contributed by atoms with Crippen LogP contribution in [0.3, 0.4) is 0 Å². The van der Waals surface area contributed by atoms with E-state index in [0.717, 1.165) is 62.6 Å². The largest absolute Gasteiger partial charge is 0.343 e. The highest BCUT2D eigenvalue weighted by molar-refractivity contribution is 5.98. The van der Waals surface area contributed by atoms with E-state index in [1.54, 1.807) is 43.5 Å². The van der Waals surface area contributed by atoms with Gasteiger partial charge >= 0.3 is 0 Å². The van der Waals surface area contributed by atoms with Crippen molar-refractivity contribution < 1.29 is 9.59 Å². The second kappa shape index (κ2) is 9.98. The molecule has 2 bridgehead atoms. The van der Waals surface area contributed by atoms with Crippen molar-refractivity contribution in [2.24, 2.45) is 5.92 Å². The van der Waals surface area contributed by atoms with Crippen LogP contribution in [0.5, 0.6) is 0 Å². The van der Waals surface area contributed by atoms with Crippen LogP contribution in [0.4, 0.5) is 11.8 Å². The van der Waals surface area contributed by atoms with Gasteiger partial charge < -0.3 is 25.0 Å². The van der Waals surface area contributed by atoms with E-state index in [1.807, 2.05) is 11.0 Å². The molecule has 2 amide bonds. The summed E-state index contributed by atoms with van der Waals surface area (Å²) in [6.45, 7) is 3.73. The van der Waals surface area contributed by atoms with E-state index in [-0.39, 0.29) is 17.9 Å². The van der Waals surface area contributed by atoms with Crippen molar-refractivity contribution in [1.82, 2.24) is 34.6 Å².